The van der Waals surface area contributed by atoms with Crippen LogP contribution in [0.5, 0.6) is 0 Å². The molecule has 0 radical (unpaired) electrons. The van der Waals surface area contributed by atoms with Crippen molar-refractivity contribution in [3.63, 3.8) is 0 Å². The molecule has 0 spiro atoms. The van der Waals surface area contributed by atoms with E-state index in [1.165, 1.54) is 0 Å². The standard InChI is InChI=1S/C66H36N4O4/c1-2-20-38-37(19-1)59(67-47-29-11-3-21-39(47)55-43-25-7-15-33-51(43)71-63(55)67)61(69-49-31-13-5-23-41(49)57-45-27-9-17-35-53(45)73-65(57)69)62(70-50-32-14-6-24-42(50)58-46-28-10-18-36-54(46)74-66(58)70)60(38)68-48-30-12-4-22-40(48)56-44-26-8-16-34-52(44)72-64(56)68/h1-36H. The van der Waals surface area contributed by atoms with E-state index in [1.807, 2.05) is 24.3 Å². The SMILES string of the molecule is c1ccc2c(c1)oc1c2c2ccccc2n1-c1c(-n2c3ccccc3c3c4ccccc4oc32)c(-n2c3ccccc3c3c4ccccc4oc32)c2ccccc2c1-n1c2ccccc2c2c3ccccc3oc21. The molecule has 0 aliphatic carbocycles. The molecule has 0 fully saturated rings. The maximum absolute atomic E-state index is 7.31. The molecule has 0 saturated heterocycles. The van der Waals surface area contributed by atoms with Crippen LogP contribution in [0.3, 0.4) is 0 Å². The Morgan fingerprint density at radius 3 is 0.662 bits per heavy atom. The summed E-state index contributed by atoms with van der Waals surface area (Å²) in [5.74, 6) is 0. The zero-order valence-corrected chi connectivity index (χ0v) is 39.2. The summed E-state index contributed by atoms with van der Waals surface area (Å²) in [7, 11) is 0. The first-order valence-corrected chi connectivity index (χ1v) is 25.0. The minimum Gasteiger partial charge on any atom is -0.439 e. The molecule has 8 nitrogen and oxygen atoms in total. The lowest BCUT2D eigenvalue weighted by molar-refractivity contribution is 0.636. The van der Waals surface area contributed by atoms with E-state index >= 15 is 0 Å². The molecular formula is C66H36N4O4. The van der Waals surface area contributed by atoms with E-state index in [0.29, 0.717) is 0 Å². The van der Waals surface area contributed by atoms with Gasteiger partial charge in [-0.1, -0.05) is 170 Å². The van der Waals surface area contributed by atoms with Crippen molar-refractivity contribution in [2.24, 2.45) is 0 Å². The van der Waals surface area contributed by atoms with Crippen LogP contribution in [0, 0.1) is 0 Å². The molecular weight excluding hydrogens is 913 g/mol. The second-order valence-electron chi connectivity index (χ2n) is 19.5. The molecule has 0 N–H and O–H groups in total. The van der Waals surface area contributed by atoms with Crippen LogP contribution in [-0.2, 0) is 0 Å². The van der Waals surface area contributed by atoms with Crippen LogP contribution in [0.15, 0.2) is 236 Å². The summed E-state index contributed by atoms with van der Waals surface area (Å²) >= 11 is 0. The maximum atomic E-state index is 7.31. The molecule has 8 heterocycles. The summed E-state index contributed by atoms with van der Waals surface area (Å²) in [6, 6.07) is 77.1. The third-order valence-electron chi connectivity index (χ3n) is 15.8. The fraction of sp³-hybridized carbons (Fsp3) is 0. The van der Waals surface area contributed by atoms with Gasteiger partial charge in [-0.25, -0.2) is 0 Å². The number of aromatic nitrogens is 4. The predicted octanol–water partition coefficient (Wildman–Crippen LogP) is 18.2. The third-order valence-corrected chi connectivity index (χ3v) is 15.8. The van der Waals surface area contributed by atoms with E-state index in [1.54, 1.807) is 0 Å². The molecule has 18 aromatic rings. The van der Waals surface area contributed by atoms with Gasteiger partial charge in [-0.2, -0.15) is 0 Å². The highest BCUT2D eigenvalue weighted by Gasteiger charge is 2.35. The lowest BCUT2D eigenvalue weighted by Crippen LogP contribution is -2.14. The van der Waals surface area contributed by atoms with Gasteiger partial charge in [-0.3, -0.25) is 18.3 Å². The van der Waals surface area contributed by atoms with Crippen molar-refractivity contribution >= 4 is 143 Å². The highest BCUT2D eigenvalue weighted by atomic mass is 16.4. The van der Waals surface area contributed by atoms with Gasteiger partial charge in [0.1, 0.15) is 33.7 Å². The molecule has 0 unspecified atom stereocenters. The first-order chi connectivity index (χ1) is 36.8. The summed E-state index contributed by atoms with van der Waals surface area (Å²) in [6.07, 6.45) is 0. The molecule has 0 amide bonds. The van der Waals surface area contributed by atoms with Gasteiger partial charge in [0.05, 0.1) is 55.0 Å². The van der Waals surface area contributed by atoms with Crippen molar-refractivity contribution in [1.82, 2.24) is 18.3 Å². The minimum absolute atomic E-state index is 0.719. The van der Waals surface area contributed by atoms with E-state index in [-0.39, 0.29) is 0 Å². The number of para-hydroxylation sites is 8. The average molecular weight is 949 g/mol. The molecule has 8 aromatic heterocycles. The maximum Gasteiger partial charge on any atom is 0.213 e. The Bertz CT molecular complexity index is 5130. The molecule has 344 valence electrons. The normalized spacial score (nSPS) is 12.6. The molecule has 0 saturated carbocycles. The van der Waals surface area contributed by atoms with E-state index in [2.05, 4.69) is 212 Å². The number of nitrogens with zero attached hydrogens (tertiary/aromatic N) is 4. The second-order valence-corrected chi connectivity index (χ2v) is 19.5. The Morgan fingerprint density at radius 1 is 0.189 bits per heavy atom. The van der Waals surface area contributed by atoms with Crippen molar-refractivity contribution in [1.29, 1.82) is 0 Å². The van der Waals surface area contributed by atoms with Crippen molar-refractivity contribution in [3.05, 3.63) is 218 Å². The van der Waals surface area contributed by atoms with Gasteiger partial charge >= 0.3 is 0 Å². The summed E-state index contributed by atoms with van der Waals surface area (Å²) in [6.45, 7) is 0. The van der Waals surface area contributed by atoms with Gasteiger partial charge in [0.2, 0.25) is 22.9 Å². The van der Waals surface area contributed by atoms with Gasteiger partial charge in [-0.05, 0) is 48.5 Å². The summed E-state index contributed by atoms with van der Waals surface area (Å²) < 4.78 is 38.5. The third kappa shape index (κ3) is 4.69. The smallest absolute Gasteiger partial charge is 0.213 e. The fourth-order valence-electron chi connectivity index (χ4n) is 12.9. The van der Waals surface area contributed by atoms with Gasteiger partial charge in [0.25, 0.3) is 0 Å². The van der Waals surface area contributed by atoms with Crippen LogP contribution in [0.2, 0.25) is 0 Å². The summed E-state index contributed by atoms with van der Waals surface area (Å²) in [5.41, 5.74) is 13.7. The Labute approximate surface area is 417 Å². The highest BCUT2D eigenvalue weighted by Crippen LogP contribution is 2.53. The van der Waals surface area contributed by atoms with Crippen molar-refractivity contribution < 1.29 is 17.7 Å². The molecule has 10 aromatic carbocycles. The lowest BCUT2D eigenvalue weighted by atomic mass is 10.0. The number of hydrogen-bond acceptors (Lipinski definition) is 4. The number of furan rings is 4. The largest absolute Gasteiger partial charge is 0.439 e. The van der Waals surface area contributed by atoms with Crippen LogP contribution >= 0.6 is 0 Å². The van der Waals surface area contributed by atoms with Gasteiger partial charge in [-0.15, -0.1) is 0 Å². The van der Waals surface area contributed by atoms with Gasteiger partial charge < -0.3 is 17.7 Å². The van der Waals surface area contributed by atoms with Crippen LogP contribution in [-0.4, -0.2) is 18.3 Å². The minimum atomic E-state index is 0.719. The molecule has 74 heavy (non-hydrogen) atoms. The van der Waals surface area contributed by atoms with Gasteiger partial charge in [0, 0.05) is 53.9 Å². The Balaban J connectivity index is 1.19. The van der Waals surface area contributed by atoms with Crippen LogP contribution in [0.25, 0.3) is 165 Å². The summed E-state index contributed by atoms with van der Waals surface area (Å²) in [4.78, 5) is 0. The Hall–Kier alpha value is -10.2. The molecule has 0 atom stereocenters. The van der Waals surface area contributed by atoms with Crippen molar-refractivity contribution in [2.45, 2.75) is 0 Å². The lowest BCUT2D eigenvalue weighted by Gasteiger charge is -2.26. The van der Waals surface area contributed by atoms with E-state index < -0.39 is 0 Å². The number of benzene rings is 10. The number of fused-ring (bicyclic) bond motifs is 21. The van der Waals surface area contributed by atoms with Crippen molar-refractivity contribution in [3.8, 4) is 22.7 Å². The molecule has 18 rings (SSSR count). The highest BCUT2D eigenvalue weighted by molar-refractivity contribution is 6.26. The molecule has 0 bridgehead atoms. The first-order valence-electron chi connectivity index (χ1n) is 25.0. The second kappa shape index (κ2) is 13.8. The van der Waals surface area contributed by atoms with Crippen LogP contribution in [0.4, 0.5) is 0 Å². The monoisotopic (exact) mass is 948 g/mol. The van der Waals surface area contributed by atoms with Crippen LogP contribution < -0.4 is 0 Å². The van der Waals surface area contributed by atoms with Crippen LogP contribution in [0.1, 0.15) is 0 Å². The predicted molar refractivity (Wildman–Crippen MR) is 300 cm³/mol. The van der Waals surface area contributed by atoms with E-state index in [4.69, 9.17) is 17.7 Å². The average Bonchev–Trinajstić information content (AvgIpc) is 4.35. The number of hydrogen-bond donors (Lipinski definition) is 0. The Morgan fingerprint density at radius 2 is 0.392 bits per heavy atom. The fourth-order valence-corrected chi connectivity index (χ4v) is 12.9. The van der Waals surface area contributed by atoms with E-state index in [0.717, 1.165) is 165 Å². The topological polar surface area (TPSA) is 72.3 Å². The Kier molecular flexibility index (Phi) is 7.20. The molecule has 8 heteroatoms. The van der Waals surface area contributed by atoms with Gasteiger partial charge in [0.15, 0.2) is 0 Å². The van der Waals surface area contributed by atoms with Crippen molar-refractivity contribution in [2.75, 3.05) is 0 Å². The summed E-state index contributed by atoms with van der Waals surface area (Å²) in [5, 5.41) is 14.7. The molecule has 0 aliphatic rings. The zero-order chi connectivity index (χ0) is 47.9. The van der Waals surface area contributed by atoms with E-state index in [9.17, 15) is 0 Å². The molecule has 0 aliphatic heterocycles. The quantitative estimate of drug-likeness (QED) is 0.176. The first kappa shape index (κ1) is 38.6. The zero-order valence-electron chi connectivity index (χ0n) is 39.2. The number of rotatable bonds is 4.